The molecule has 0 heterocycles. The molecular formula is C15H21NO. The topological polar surface area (TPSA) is 29.1 Å². The van der Waals surface area contributed by atoms with Crippen molar-refractivity contribution in [2.45, 2.75) is 33.1 Å². The summed E-state index contributed by atoms with van der Waals surface area (Å²) in [4.78, 5) is 11.0. The fourth-order valence-electron chi connectivity index (χ4n) is 1.51. The first kappa shape index (κ1) is 13.3. The zero-order chi connectivity index (χ0) is 12.5. The van der Waals surface area contributed by atoms with Crippen molar-refractivity contribution in [1.82, 2.24) is 5.32 Å². The molecule has 0 aliphatic heterocycles. The zero-order valence-electron chi connectivity index (χ0n) is 10.5. The molecule has 1 N–H and O–H groups in total. The summed E-state index contributed by atoms with van der Waals surface area (Å²) in [7, 11) is 0. The predicted octanol–water partition coefficient (Wildman–Crippen LogP) is 2.76. The maximum atomic E-state index is 11.0. The molecular weight excluding hydrogens is 210 g/mol. The van der Waals surface area contributed by atoms with Gasteiger partial charge < -0.3 is 5.32 Å². The van der Waals surface area contributed by atoms with Crippen molar-refractivity contribution in [3.63, 3.8) is 0 Å². The molecule has 1 rings (SSSR count). The third kappa shape index (κ3) is 5.21. The Kier molecular flexibility index (Phi) is 5.88. The number of aryl methyl sites for hydroxylation is 1. The molecule has 2 heteroatoms. The molecule has 0 aliphatic carbocycles. The second-order valence-electron chi connectivity index (χ2n) is 3.88. The van der Waals surface area contributed by atoms with E-state index >= 15 is 0 Å². The summed E-state index contributed by atoms with van der Waals surface area (Å²) < 4.78 is 0. The van der Waals surface area contributed by atoms with Gasteiger partial charge in [-0.1, -0.05) is 44.2 Å². The van der Waals surface area contributed by atoms with Gasteiger partial charge >= 0.3 is 0 Å². The molecule has 1 aromatic rings. The molecule has 0 atom stereocenters. The molecule has 1 amide bonds. The predicted molar refractivity (Wildman–Crippen MR) is 72.7 cm³/mol. The van der Waals surface area contributed by atoms with Crippen LogP contribution in [0, 0.1) is 11.8 Å². The van der Waals surface area contributed by atoms with Gasteiger partial charge in [0.25, 0.3) is 0 Å². The summed E-state index contributed by atoms with van der Waals surface area (Å²) in [6.45, 7) is 4.42. The normalized spacial score (nSPS) is 9.29. The highest BCUT2D eigenvalue weighted by Crippen LogP contribution is 2.06. The van der Waals surface area contributed by atoms with Crippen molar-refractivity contribution in [1.29, 1.82) is 0 Å². The monoisotopic (exact) mass is 231 g/mol. The van der Waals surface area contributed by atoms with E-state index in [1.165, 1.54) is 5.56 Å². The quantitative estimate of drug-likeness (QED) is 0.793. The van der Waals surface area contributed by atoms with Crippen LogP contribution in [-0.4, -0.2) is 12.5 Å². The molecule has 0 unspecified atom stereocenters. The second kappa shape index (κ2) is 7.51. The molecule has 0 aliphatic rings. The first-order valence-electron chi connectivity index (χ1n) is 6.10. The maximum Gasteiger partial charge on any atom is 0.220 e. The van der Waals surface area contributed by atoms with Gasteiger partial charge in [0.1, 0.15) is 0 Å². The molecule has 92 valence electrons. The first-order chi connectivity index (χ1) is 8.26. The van der Waals surface area contributed by atoms with Gasteiger partial charge in [0.2, 0.25) is 5.91 Å². The van der Waals surface area contributed by atoms with E-state index in [0.717, 1.165) is 18.4 Å². The highest BCUT2D eigenvalue weighted by atomic mass is 16.1. The van der Waals surface area contributed by atoms with E-state index in [2.05, 4.69) is 36.2 Å². The molecule has 0 bridgehead atoms. The number of amides is 1. The van der Waals surface area contributed by atoms with E-state index in [0.29, 0.717) is 13.0 Å². The highest BCUT2D eigenvalue weighted by molar-refractivity contribution is 5.75. The lowest BCUT2D eigenvalue weighted by atomic mass is 10.1. The molecule has 0 aromatic heterocycles. The van der Waals surface area contributed by atoms with Crippen LogP contribution in [-0.2, 0) is 11.2 Å². The van der Waals surface area contributed by atoms with Gasteiger partial charge in [0.15, 0.2) is 0 Å². The van der Waals surface area contributed by atoms with Gasteiger partial charge in [-0.25, -0.2) is 0 Å². The van der Waals surface area contributed by atoms with Crippen LogP contribution in [0.2, 0.25) is 0 Å². The van der Waals surface area contributed by atoms with E-state index in [1.54, 1.807) is 0 Å². The van der Waals surface area contributed by atoms with Crippen LogP contribution >= 0.6 is 0 Å². The van der Waals surface area contributed by atoms with Crippen LogP contribution in [0.1, 0.15) is 39.2 Å². The molecule has 0 fully saturated rings. The van der Waals surface area contributed by atoms with Gasteiger partial charge in [-0.15, -0.1) is 0 Å². The number of hydrogen-bond donors (Lipinski definition) is 1. The summed E-state index contributed by atoms with van der Waals surface area (Å²) >= 11 is 0. The Balaban J connectivity index is 0.00000289. The minimum Gasteiger partial charge on any atom is -0.345 e. The van der Waals surface area contributed by atoms with Crippen molar-refractivity contribution >= 4 is 5.91 Å². The molecule has 0 radical (unpaired) electrons. The molecule has 1 aromatic carbocycles. The zero-order valence-corrected chi connectivity index (χ0v) is 10.5. The van der Waals surface area contributed by atoms with E-state index in [4.69, 9.17) is 0 Å². The lowest BCUT2D eigenvalue weighted by molar-refractivity contribution is -0.120. The lowest BCUT2D eigenvalue weighted by Gasteiger charge is -1.98. The van der Waals surface area contributed by atoms with Gasteiger partial charge in [-0.2, -0.15) is 0 Å². The SMILES string of the molecule is CCCc1cccc(C#CCNC(=O)CC)c1.[HH]. The molecule has 2 nitrogen and oxygen atoms in total. The maximum absolute atomic E-state index is 11.0. The lowest BCUT2D eigenvalue weighted by Crippen LogP contribution is -2.22. The van der Waals surface area contributed by atoms with E-state index in [1.807, 2.05) is 19.1 Å². The summed E-state index contributed by atoms with van der Waals surface area (Å²) in [6, 6.07) is 8.25. The van der Waals surface area contributed by atoms with E-state index in [9.17, 15) is 4.79 Å². The average Bonchev–Trinajstić information content (AvgIpc) is 2.35. The van der Waals surface area contributed by atoms with Crippen LogP contribution in [0.5, 0.6) is 0 Å². The minimum atomic E-state index is 0. The van der Waals surface area contributed by atoms with Crippen LogP contribution in [0.15, 0.2) is 24.3 Å². The van der Waals surface area contributed by atoms with Crippen LogP contribution in [0.3, 0.4) is 0 Å². The summed E-state index contributed by atoms with van der Waals surface area (Å²) in [5.41, 5.74) is 2.33. The smallest absolute Gasteiger partial charge is 0.220 e. The highest BCUT2D eigenvalue weighted by Gasteiger charge is 1.93. The molecule has 0 saturated carbocycles. The standard InChI is InChI=1S/C15H19NO.H2/c1-3-7-13-8-5-9-14(12-13)10-6-11-16-15(17)4-2;/h5,8-9,12H,3-4,7,11H2,1-2H3,(H,16,17);1H. The number of rotatable bonds is 4. The van der Waals surface area contributed by atoms with Crippen molar-refractivity contribution in [2.24, 2.45) is 0 Å². The Bertz CT molecular complexity index is 432. The van der Waals surface area contributed by atoms with Crippen molar-refractivity contribution in [2.75, 3.05) is 6.54 Å². The van der Waals surface area contributed by atoms with Crippen molar-refractivity contribution in [3.8, 4) is 11.8 Å². The third-order valence-electron chi connectivity index (χ3n) is 2.39. The Morgan fingerprint density at radius 2 is 2.24 bits per heavy atom. The van der Waals surface area contributed by atoms with E-state index in [-0.39, 0.29) is 7.33 Å². The van der Waals surface area contributed by atoms with Crippen molar-refractivity contribution in [3.05, 3.63) is 35.4 Å². The van der Waals surface area contributed by atoms with Crippen LogP contribution < -0.4 is 5.32 Å². The van der Waals surface area contributed by atoms with Crippen molar-refractivity contribution < 1.29 is 6.22 Å². The van der Waals surface area contributed by atoms with Crippen LogP contribution in [0.4, 0.5) is 0 Å². The average molecular weight is 231 g/mol. The minimum absolute atomic E-state index is 0. The van der Waals surface area contributed by atoms with Gasteiger partial charge in [0.05, 0.1) is 6.54 Å². The first-order valence-corrected chi connectivity index (χ1v) is 6.10. The third-order valence-corrected chi connectivity index (χ3v) is 2.39. The number of carbonyl (C=O) groups is 1. The molecule has 0 saturated heterocycles. The largest absolute Gasteiger partial charge is 0.345 e. The molecule has 17 heavy (non-hydrogen) atoms. The second-order valence-corrected chi connectivity index (χ2v) is 3.88. The number of benzene rings is 1. The number of carbonyl (C=O) groups excluding carboxylic acids is 1. The Hall–Kier alpha value is -1.75. The molecule has 0 spiro atoms. The van der Waals surface area contributed by atoms with Crippen LogP contribution in [0.25, 0.3) is 0 Å². The Morgan fingerprint density at radius 1 is 1.41 bits per heavy atom. The summed E-state index contributed by atoms with van der Waals surface area (Å²) in [6.07, 6.45) is 2.74. The number of nitrogens with one attached hydrogen (secondary N) is 1. The summed E-state index contributed by atoms with van der Waals surface area (Å²) in [5, 5.41) is 2.73. The van der Waals surface area contributed by atoms with E-state index < -0.39 is 0 Å². The van der Waals surface area contributed by atoms with Gasteiger partial charge in [-0.3, -0.25) is 4.79 Å². The van der Waals surface area contributed by atoms with Gasteiger partial charge in [-0.05, 0) is 24.1 Å². The van der Waals surface area contributed by atoms with Gasteiger partial charge in [0, 0.05) is 13.4 Å². The fraction of sp³-hybridized carbons (Fsp3) is 0.400. The Morgan fingerprint density at radius 3 is 2.94 bits per heavy atom. The number of hydrogen-bond acceptors (Lipinski definition) is 1. The fourth-order valence-corrected chi connectivity index (χ4v) is 1.51. The summed E-state index contributed by atoms with van der Waals surface area (Å²) in [5.74, 6) is 6.05. The Labute approximate surface area is 105 Å².